The summed E-state index contributed by atoms with van der Waals surface area (Å²) in [4.78, 5) is 23.8. The molecule has 4 heterocycles. The van der Waals surface area contributed by atoms with Gasteiger partial charge in [-0.2, -0.15) is 5.10 Å². The number of nitrogens with zero attached hydrogens (tertiary/aromatic N) is 7. The summed E-state index contributed by atoms with van der Waals surface area (Å²) in [6.07, 6.45) is 5.98. The molecule has 0 unspecified atom stereocenters. The van der Waals surface area contributed by atoms with Crippen LogP contribution in [0.3, 0.4) is 0 Å². The van der Waals surface area contributed by atoms with Crippen LogP contribution in [0, 0.1) is 6.92 Å². The number of imidazole rings is 1. The SMILES string of the molecule is Cc1nc2c(n1C(C)C)CN(Cc1cnn(C)c1)CC21CCN(C(=O)N(C)C)CC1. The normalized spacial score (nSPS) is 18.8. The van der Waals surface area contributed by atoms with Gasteiger partial charge in [-0.15, -0.1) is 0 Å². The zero-order valence-electron chi connectivity index (χ0n) is 19.2. The highest BCUT2D eigenvalue weighted by molar-refractivity contribution is 5.74. The summed E-state index contributed by atoms with van der Waals surface area (Å²) < 4.78 is 4.28. The van der Waals surface area contributed by atoms with Crippen molar-refractivity contribution in [1.82, 2.24) is 34.0 Å². The molecule has 2 aliphatic rings. The Kier molecular flexibility index (Phi) is 5.38. The number of aryl methyl sites for hydroxylation is 2. The third-order valence-corrected chi connectivity index (χ3v) is 6.64. The van der Waals surface area contributed by atoms with Crippen LogP contribution in [0.5, 0.6) is 0 Å². The smallest absolute Gasteiger partial charge is 0.319 e. The Morgan fingerprint density at radius 2 is 1.97 bits per heavy atom. The number of carbonyl (C=O) groups excluding carboxylic acids is 1. The Bertz CT molecular complexity index is 918. The van der Waals surface area contributed by atoms with Gasteiger partial charge in [-0.1, -0.05) is 0 Å². The van der Waals surface area contributed by atoms with E-state index in [1.54, 1.807) is 4.90 Å². The van der Waals surface area contributed by atoms with Crippen LogP contribution in [0.1, 0.15) is 55.5 Å². The van der Waals surface area contributed by atoms with Crippen molar-refractivity contribution in [1.29, 1.82) is 0 Å². The molecular formula is C22H35N7O. The summed E-state index contributed by atoms with van der Waals surface area (Å²) in [7, 11) is 5.62. The molecule has 164 valence electrons. The number of carbonyl (C=O) groups is 1. The van der Waals surface area contributed by atoms with Gasteiger partial charge >= 0.3 is 6.03 Å². The minimum atomic E-state index is 0.00376. The van der Waals surface area contributed by atoms with Gasteiger partial charge in [-0.3, -0.25) is 9.58 Å². The highest BCUT2D eigenvalue weighted by atomic mass is 16.2. The molecule has 0 aromatic carbocycles. The minimum absolute atomic E-state index is 0.00376. The van der Waals surface area contributed by atoms with E-state index in [1.807, 2.05) is 36.9 Å². The molecule has 4 rings (SSSR count). The Balaban J connectivity index is 1.66. The van der Waals surface area contributed by atoms with Gasteiger partial charge < -0.3 is 14.4 Å². The van der Waals surface area contributed by atoms with E-state index in [0.717, 1.165) is 51.4 Å². The van der Waals surface area contributed by atoms with E-state index in [9.17, 15) is 4.79 Å². The first-order valence-electron chi connectivity index (χ1n) is 10.9. The van der Waals surface area contributed by atoms with E-state index in [1.165, 1.54) is 17.0 Å². The Morgan fingerprint density at radius 1 is 1.27 bits per heavy atom. The van der Waals surface area contributed by atoms with Crippen molar-refractivity contribution in [2.24, 2.45) is 7.05 Å². The number of hydrogen-bond donors (Lipinski definition) is 0. The molecule has 2 aromatic rings. The van der Waals surface area contributed by atoms with Crippen molar-refractivity contribution in [3.8, 4) is 0 Å². The van der Waals surface area contributed by atoms with E-state index in [0.29, 0.717) is 6.04 Å². The molecule has 2 aromatic heterocycles. The maximum atomic E-state index is 12.5. The molecule has 0 N–H and O–H groups in total. The predicted molar refractivity (Wildman–Crippen MR) is 116 cm³/mol. The van der Waals surface area contributed by atoms with Crippen molar-refractivity contribution >= 4 is 6.03 Å². The quantitative estimate of drug-likeness (QED) is 0.776. The lowest BCUT2D eigenvalue weighted by molar-refractivity contribution is 0.0914. The van der Waals surface area contributed by atoms with Gasteiger partial charge in [0.2, 0.25) is 0 Å². The largest absolute Gasteiger partial charge is 0.331 e. The second-order valence-corrected chi connectivity index (χ2v) is 9.53. The molecule has 0 radical (unpaired) electrons. The summed E-state index contributed by atoms with van der Waals surface area (Å²) in [6.45, 7) is 10.9. The molecule has 1 saturated heterocycles. The van der Waals surface area contributed by atoms with Crippen molar-refractivity contribution < 1.29 is 4.79 Å². The fourth-order valence-corrected chi connectivity index (χ4v) is 5.35. The van der Waals surface area contributed by atoms with Gasteiger partial charge in [0.15, 0.2) is 0 Å². The summed E-state index contributed by atoms with van der Waals surface area (Å²) in [5.74, 6) is 1.10. The van der Waals surface area contributed by atoms with E-state index in [4.69, 9.17) is 4.98 Å². The van der Waals surface area contributed by atoms with Gasteiger partial charge in [-0.05, 0) is 33.6 Å². The van der Waals surface area contributed by atoms with Crippen LogP contribution < -0.4 is 0 Å². The highest BCUT2D eigenvalue weighted by Gasteiger charge is 2.46. The van der Waals surface area contributed by atoms with Crippen molar-refractivity contribution in [3.63, 3.8) is 0 Å². The topological polar surface area (TPSA) is 62.4 Å². The standard InChI is InChI=1S/C22H35N7O/c1-16(2)29-17(3)24-20-19(29)14-27(13-18-11-23-26(6)12-18)15-22(20)7-9-28(10-8-22)21(30)25(4)5/h11-12,16H,7-10,13-15H2,1-6H3. The zero-order chi connectivity index (χ0) is 21.6. The van der Waals surface area contributed by atoms with E-state index in [2.05, 4.69) is 41.5 Å². The summed E-state index contributed by atoms with van der Waals surface area (Å²) in [5.41, 5.74) is 3.87. The molecule has 1 fully saturated rings. The second-order valence-electron chi connectivity index (χ2n) is 9.53. The zero-order valence-corrected chi connectivity index (χ0v) is 19.2. The summed E-state index contributed by atoms with van der Waals surface area (Å²) >= 11 is 0. The Labute approximate surface area is 179 Å². The van der Waals surface area contributed by atoms with Gasteiger partial charge in [0.1, 0.15) is 5.82 Å². The molecule has 2 amide bonds. The van der Waals surface area contributed by atoms with E-state index >= 15 is 0 Å². The van der Waals surface area contributed by atoms with Crippen LogP contribution in [0.15, 0.2) is 12.4 Å². The number of amides is 2. The maximum Gasteiger partial charge on any atom is 0.319 e. The van der Waals surface area contributed by atoms with E-state index in [-0.39, 0.29) is 11.4 Å². The predicted octanol–water partition coefficient (Wildman–Crippen LogP) is 2.54. The average molecular weight is 414 g/mol. The molecule has 0 atom stereocenters. The maximum absolute atomic E-state index is 12.5. The number of fused-ring (bicyclic) bond motifs is 2. The van der Waals surface area contributed by atoms with Gasteiger partial charge in [0.05, 0.1) is 17.6 Å². The number of urea groups is 1. The van der Waals surface area contributed by atoms with Crippen LogP contribution in [0.2, 0.25) is 0 Å². The van der Waals surface area contributed by atoms with Gasteiger partial charge in [0.25, 0.3) is 0 Å². The van der Waals surface area contributed by atoms with Crippen LogP contribution in [-0.2, 0) is 25.6 Å². The molecular weight excluding hydrogens is 378 g/mol. The number of likely N-dealkylation sites (tertiary alicyclic amines) is 1. The van der Waals surface area contributed by atoms with Crippen molar-refractivity contribution in [3.05, 3.63) is 35.2 Å². The molecule has 0 aliphatic carbocycles. The number of piperidine rings is 1. The monoisotopic (exact) mass is 413 g/mol. The first-order valence-corrected chi connectivity index (χ1v) is 10.9. The first kappa shape index (κ1) is 20.9. The lowest BCUT2D eigenvalue weighted by Gasteiger charge is -2.47. The second kappa shape index (κ2) is 7.72. The van der Waals surface area contributed by atoms with Gasteiger partial charge in [0, 0.05) is 77.1 Å². The average Bonchev–Trinajstić information content (AvgIpc) is 3.24. The molecule has 8 heteroatoms. The first-order chi connectivity index (χ1) is 14.2. The van der Waals surface area contributed by atoms with Crippen molar-refractivity contribution in [2.75, 3.05) is 33.7 Å². The third-order valence-electron chi connectivity index (χ3n) is 6.64. The molecule has 2 aliphatic heterocycles. The van der Waals surface area contributed by atoms with Crippen LogP contribution >= 0.6 is 0 Å². The van der Waals surface area contributed by atoms with Gasteiger partial charge in [-0.25, -0.2) is 9.78 Å². The Hall–Kier alpha value is -2.35. The lowest BCUT2D eigenvalue weighted by Crippen LogP contribution is -2.54. The van der Waals surface area contributed by atoms with Crippen LogP contribution in [-0.4, -0.2) is 73.8 Å². The molecule has 0 bridgehead atoms. The molecule has 1 spiro atoms. The summed E-state index contributed by atoms with van der Waals surface area (Å²) in [5, 5.41) is 4.35. The fraction of sp³-hybridized carbons (Fsp3) is 0.682. The number of aromatic nitrogens is 4. The summed E-state index contributed by atoms with van der Waals surface area (Å²) in [6, 6.07) is 0.490. The molecule has 30 heavy (non-hydrogen) atoms. The number of hydrogen-bond acceptors (Lipinski definition) is 4. The lowest BCUT2D eigenvalue weighted by atomic mass is 9.72. The van der Waals surface area contributed by atoms with Crippen molar-refractivity contribution in [2.45, 2.75) is 58.2 Å². The molecule has 0 saturated carbocycles. The number of rotatable bonds is 3. The molecule has 8 nitrogen and oxygen atoms in total. The van der Waals surface area contributed by atoms with Crippen LogP contribution in [0.25, 0.3) is 0 Å². The minimum Gasteiger partial charge on any atom is -0.331 e. The fourth-order valence-electron chi connectivity index (χ4n) is 5.35. The van der Waals surface area contributed by atoms with Crippen LogP contribution in [0.4, 0.5) is 4.79 Å². The van der Waals surface area contributed by atoms with E-state index < -0.39 is 0 Å². The highest BCUT2D eigenvalue weighted by Crippen LogP contribution is 2.42. The third kappa shape index (κ3) is 3.62. The Morgan fingerprint density at radius 3 is 2.53 bits per heavy atom.